The molecular weight excluding hydrogens is 124 g/mol. The SMILES string of the molecule is C=C(/N=C/C)NC(C)(C)C. The molecule has 0 aliphatic rings. The molecule has 0 atom stereocenters. The van der Waals surface area contributed by atoms with Gasteiger partial charge in [-0.2, -0.15) is 0 Å². The van der Waals surface area contributed by atoms with Crippen LogP contribution in [0.4, 0.5) is 0 Å². The molecule has 0 heterocycles. The summed E-state index contributed by atoms with van der Waals surface area (Å²) in [6.07, 6.45) is 1.72. The second-order valence-electron chi connectivity index (χ2n) is 3.21. The minimum atomic E-state index is 0.0591. The van der Waals surface area contributed by atoms with Crippen molar-refractivity contribution in [2.75, 3.05) is 0 Å². The summed E-state index contributed by atoms with van der Waals surface area (Å²) in [5.41, 5.74) is 0.0591. The van der Waals surface area contributed by atoms with E-state index in [-0.39, 0.29) is 5.54 Å². The number of hydrogen-bond donors (Lipinski definition) is 1. The lowest BCUT2D eigenvalue weighted by molar-refractivity contribution is 0.472. The summed E-state index contributed by atoms with van der Waals surface area (Å²) < 4.78 is 0. The minimum Gasteiger partial charge on any atom is -0.366 e. The fourth-order valence-corrected chi connectivity index (χ4v) is 0.621. The first-order valence-electron chi connectivity index (χ1n) is 3.41. The molecule has 10 heavy (non-hydrogen) atoms. The second kappa shape index (κ2) is 3.40. The smallest absolute Gasteiger partial charge is 0.118 e. The third-order valence-electron chi connectivity index (χ3n) is 0.804. The largest absolute Gasteiger partial charge is 0.366 e. The van der Waals surface area contributed by atoms with E-state index in [0.29, 0.717) is 0 Å². The van der Waals surface area contributed by atoms with Gasteiger partial charge < -0.3 is 5.32 Å². The predicted molar refractivity (Wildman–Crippen MR) is 46.2 cm³/mol. The molecule has 0 saturated carbocycles. The number of aliphatic imine (C=N–C) groups is 1. The van der Waals surface area contributed by atoms with Crippen molar-refractivity contribution < 1.29 is 0 Å². The number of hydrogen-bond acceptors (Lipinski definition) is 2. The molecule has 0 bridgehead atoms. The van der Waals surface area contributed by atoms with Crippen LogP contribution in [0.25, 0.3) is 0 Å². The lowest BCUT2D eigenvalue weighted by Crippen LogP contribution is -2.34. The second-order valence-corrected chi connectivity index (χ2v) is 3.21. The van der Waals surface area contributed by atoms with Gasteiger partial charge in [0.25, 0.3) is 0 Å². The van der Waals surface area contributed by atoms with Crippen LogP contribution in [-0.4, -0.2) is 11.8 Å². The molecule has 0 aromatic rings. The van der Waals surface area contributed by atoms with Gasteiger partial charge in [-0.1, -0.05) is 6.58 Å². The van der Waals surface area contributed by atoms with Gasteiger partial charge in [-0.25, -0.2) is 4.99 Å². The predicted octanol–water partition coefficient (Wildman–Crippen LogP) is 1.94. The van der Waals surface area contributed by atoms with Crippen molar-refractivity contribution in [3.8, 4) is 0 Å². The van der Waals surface area contributed by atoms with E-state index in [4.69, 9.17) is 0 Å². The monoisotopic (exact) mass is 140 g/mol. The normalized spacial score (nSPS) is 12.0. The molecule has 0 aromatic carbocycles. The zero-order valence-electron chi connectivity index (χ0n) is 7.23. The zero-order chi connectivity index (χ0) is 8.20. The van der Waals surface area contributed by atoms with Gasteiger partial charge in [-0.05, 0) is 27.7 Å². The molecule has 2 heteroatoms. The Morgan fingerprint density at radius 2 is 2.00 bits per heavy atom. The van der Waals surface area contributed by atoms with Crippen molar-refractivity contribution in [1.82, 2.24) is 5.32 Å². The Labute approximate surface area is 63.0 Å². The fraction of sp³-hybridized carbons (Fsp3) is 0.625. The first kappa shape index (κ1) is 9.21. The first-order chi connectivity index (χ1) is 4.45. The van der Waals surface area contributed by atoms with Gasteiger partial charge in [-0.15, -0.1) is 0 Å². The topological polar surface area (TPSA) is 24.4 Å². The average molecular weight is 140 g/mol. The van der Waals surface area contributed by atoms with Crippen LogP contribution in [-0.2, 0) is 0 Å². The Morgan fingerprint density at radius 3 is 2.30 bits per heavy atom. The standard InChI is InChI=1S/C8H16N2/c1-6-9-7(2)10-8(3,4)5/h6,10H,2H2,1,3-5H3/b9-6+. The van der Waals surface area contributed by atoms with Gasteiger partial charge in [0.1, 0.15) is 5.82 Å². The van der Waals surface area contributed by atoms with Crippen molar-refractivity contribution in [1.29, 1.82) is 0 Å². The average Bonchev–Trinajstić information content (AvgIpc) is 1.59. The van der Waals surface area contributed by atoms with Crippen LogP contribution in [0.15, 0.2) is 17.4 Å². The van der Waals surface area contributed by atoms with Crippen LogP contribution < -0.4 is 5.32 Å². The highest BCUT2D eigenvalue weighted by Gasteiger charge is 2.07. The maximum atomic E-state index is 3.98. The minimum absolute atomic E-state index is 0.0591. The van der Waals surface area contributed by atoms with Crippen molar-refractivity contribution in [2.24, 2.45) is 4.99 Å². The van der Waals surface area contributed by atoms with Crippen LogP contribution in [0.2, 0.25) is 0 Å². The lowest BCUT2D eigenvalue weighted by Gasteiger charge is -2.21. The Balaban J connectivity index is 3.81. The molecule has 0 aliphatic carbocycles. The molecule has 0 aromatic heterocycles. The van der Waals surface area contributed by atoms with Gasteiger partial charge in [0.15, 0.2) is 0 Å². The van der Waals surface area contributed by atoms with E-state index in [1.165, 1.54) is 0 Å². The number of nitrogens with one attached hydrogen (secondary N) is 1. The molecule has 0 fully saturated rings. The molecule has 0 aliphatic heterocycles. The molecule has 2 nitrogen and oxygen atoms in total. The van der Waals surface area contributed by atoms with Gasteiger partial charge in [0.2, 0.25) is 0 Å². The van der Waals surface area contributed by atoms with Crippen molar-refractivity contribution >= 4 is 6.21 Å². The van der Waals surface area contributed by atoms with E-state index in [2.05, 4.69) is 37.7 Å². The van der Waals surface area contributed by atoms with E-state index in [1.807, 2.05) is 6.92 Å². The van der Waals surface area contributed by atoms with Crippen LogP contribution in [0.1, 0.15) is 27.7 Å². The Kier molecular flexibility index (Phi) is 3.13. The molecule has 0 rings (SSSR count). The Morgan fingerprint density at radius 1 is 1.50 bits per heavy atom. The molecule has 0 unspecified atom stereocenters. The zero-order valence-corrected chi connectivity index (χ0v) is 7.23. The van der Waals surface area contributed by atoms with Crippen LogP contribution >= 0.6 is 0 Å². The number of rotatable bonds is 2. The van der Waals surface area contributed by atoms with Crippen LogP contribution in [0, 0.1) is 0 Å². The van der Waals surface area contributed by atoms with E-state index in [1.54, 1.807) is 6.21 Å². The summed E-state index contributed by atoms with van der Waals surface area (Å²) in [5.74, 6) is 0.718. The Bertz CT molecular complexity index is 140. The summed E-state index contributed by atoms with van der Waals surface area (Å²) in [6, 6.07) is 0. The Hall–Kier alpha value is -0.790. The third kappa shape index (κ3) is 5.35. The highest BCUT2D eigenvalue weighted by atomic mass is 15.1. The van der Waals surface area contributed by atoms with E-state index in [0.717, 1.165) is 5.82 Å². The van der Waals surface area contributed by atoms with E-state index >= 15 is 0 Å². The van der Waals surface area contributed by atoms with Crippen molar-refractivity contribution in [3.63, 3.8) is 0 Å². The molecular formula is C8H16N2. The molecule has 1 N–H and O–H groups in total. The van der Waals surface area contributed by atoms with E-state index in [9.17, 15) is 0 Å². The number of nitrogens with zero attached hydrogens (tertiary/aromatic N) is 1. The highest BCUT2D eigenvalue weighted by molar-refractivity contribution is 5.54. The molecule has 0 radical (unpaired) electrons. The maximum Gasteiger partial charge on any atom is 0.118 e. The summed E-state index contributed by atoms with van der Waals surface area (Å²) in [5, 5.41) is 3.13. The van der Waals surface area contributed by atoms with Crippen LogP contribution in [0.3, 0.4) is 0 Å². The van der Waals surface area contributed by atoms with Crippen LogP contribution in [0.5, 0.6) is 0 Å². The summed E-state index contributed by atoms with van der Waals surface area (Å²) in [6.45, 7) is 11.8. The van der Waals surface area contributed by atoms with Gasteiger partial charge in [-0.3, -0.25) is 0 Å². The molecule has 58 valence electrons. The van der Waals surface area contributed by atoms with Gasteiger partial charge in [0, 0.05) is 11.8 Å². The fourth-order valence-electron chi connectivity index (χ4n) is 0.621. The molecule has 0 spiro atoms. The first-order valence-corrected chi connectivity index (χ1v) is 3.41. The molecule has 0 amide bonds. The summed E-state index contributed by atoms with van der Waals surface area (Å²) in [7, 11) is 0. The maximum absolute atomic E-state index is 3.98. The van der Waals surface area contributed by atoms with Gasteiger partial charge in [0.05, 0.1) is 0 Å². The van der Waals surface area contributed by atoms with Gasteiger partial charge >= 0.3 is 0 Å². The third-order valence-corrected chi connectivity index (χ3v) is 0.804. The highest BCUT2D eigenvalue weighted by Crippen LogP contribution is 2.01. The summed E-state index contributed by atoms with van der Waals surface area (Å²) >= 11 is 0. The van der Waals surface area contributed by atoms with Crippen molar-refractivity contribution in [3.05, 3.63) is 12.4 Å². The van der Waals surface area contributed by atoms with E-state index < -0.39 is 0 Å². The molecule has 0 saturated heterocycles. The lowest BCUT2D eigenvalue weighted by atomic mass is 10.1. The summed E-state index contributed by atoms with van der Waals surface area (Å²) in [4.78, 5) is 3.98. The quantitative estimate of drug-likeness (QED) is 0.582. The van der Waals surface area contributed by atoms with Crippen molar-refractivity contribution in [2.45, 2.75) is 33.2 Å².